The molecule has 2 N–H and O–H groups in total. The number of amides is 2. The van der Waals surface area contributed by atoms with E-state index in [0.29, 0.717) is 30.3 Å². The first kappa shape index (κ1) is 21.4. The zero-order valence-corrected chi connectivity index (χ0v) is 16.5. The molecule has 2 aromatic carbocycles. The highest BCUT2D eigenvalue weighted by molar-refractivity contribution is 5.94. The molecule has 28 heavy (non-hydrogen) atoms. The van der Waals surface area contributed by atoms with Gasteiger partial charge >= 0.3 is 0 Å². The van der Waals surface area contributed by atoms with E-state index in [9.17, 15) is 9.59 Å². The van der Waals surface area contributed by atoms with Crippen molar-refractivity contribution in [3.63, 3.8) is 0 Å². The summed E-state index contributed by atoms with van der Waals surface area (Å²) in [6, 6.07) is 14.9. The van der Waals surface area contributed by atoms with Crippen LogP contribution >= 0.6 is 0 Å². The molecule has 0 aromatic heterocycles. The monoisotopic (exact) mass is 385 g/mol. The molecule has 0 aliphatic rings. The van der Waals surface area contributed by atoms with Crippen molar-refractivity contribution in [2.45, 2.75) is 6.92 Å². The van der Waals surface area contributed by atoms with Crippen molar-refractivity contribution >= 4 is 17.5 Å². The number of aryl methyl sites for hydroxylation is 1. The number of benzene rings is 2. The normalized spacial score (nSPS) is 10.6. The van der Waals surface area contributed by atoms with Crippen molar-refractivity contribution in [3.05, 3.63) is 54.1 Å². The van der Waals surface area contributed by atoms with E-state index in [1.54, 1.807) is 31.2 Å². The largest absolute Gasteiger partial charge is 0.455 e. The van der Waals surface area contributed by atoms with Gasteiger partial charge in [-0.15, -0.1) is 0 Å². The van der Waals surface area contributed by atoms with Crippen molar-refractivity contribution in [2.75, 3.05) is 45.7 Å². The summed E-state index contributed by atoms with van der Waals surface area (Å²) >= 11 is 0. The molecule has 0 bridgehead atoms. The molecule has 7 nitrogen and oxygen atoms in total. The molecule has 0 aliphatic heterocycles. The Morgan fingerprint density at radius 3 is 2.39 bits per heavy atom. The van der Waals surface area contributed by atoms with Gasteiger partial charge in [0.15, 0.2) is 5.75 Å². The van der Waals surface area contributed by atoms with Crippen LogP contribution in [0.3, 0.4) is 0 Å². The van der Waals surface area contributed by atoms with Gasteiger partial charge in [-0.25, -0.2) is 0 Å². The number of anilines is 1. The summed E-state index contributed by atoms with van der Waals surface area (Å²) < 4.78 is 10.8. The third kappa shape index (κ3) is 7.38. The van der Waals surface area contributed by atoms with E-state index in [4.69, 9.17) is 9.47 Å². The van der Waals surface area contributed by atoms with Gasteiger partial charge in [-0.1, -0.05) is 29.8 Å². The first-order valence-corrected chi connectivity index (χ1v) is 9.05. The lowest BCUT2D eigenvalue weighted by atomic mass is 10.2. The minimum atomic E-state index is -0.229. The van der Waals surface area contributed by atoms with Crippen LogP contribution in [-0.4, -0.2) is 57.1 Å². The third-order valence-corrected chi connectivity index (χ3v) is 3.87. The molecule has 2 rings (SSSR count). The Kier molecular flexibility index (Phi) is 8.45. The zero-order valence-electron chi connectivity index (χ0n) is 16.5. The number of carbonyl (C=O) groups excluding carboxylic acids is 2. The van der Waals surface area contributed by atoms with Crippen LogP contribution in [0.2, 0.25) is 0 Å². The van der Waals surface area contributed by atoms with Gasteiger partial charge in [-0.3, -0.25) is 14.5 Å². The van der Waals surface area contributed by atoms with Gasteiger partial charge in [0, 0.05) is 13.7 Å². The van der Waals surface area contributed by atoms with Gasteiger partial charge in [-0.2, -0.15) is 0 Å². The Morgan fingerprint density at radius 2 is 1.68 bits per heavy atom. The summed E-state index contributed by atoms with van der Waals surface area (Å²) in [5, 5.41) is 5.56. The molecule has 2 aromatic rings. The first-order chi connectivity index (χ1) is 13.5. The molecule has 0 unspecified atom stereocenters. The summed E-state index contributed by atoms with van der Waals surface area (Å²) in [7, 11) is 3.28. The Balaban J connectivity index is 1.89. The van der Waals surface area contributed by atoms with E-state index < -0.39 is 0 Å². The number of para-hydroxylation sites is 2. The van der Waals surface area contributed by atoms with E-state index in [1.807, 2.05) is 43.3 Å². The predicted octanol–water partition coefficient (Wildman–Crippen LogP) is 2.42. The number of nitrogens with zero attached hydrogens (tertiary/aromatic N) is 1. The predicted molar refractivity (Wildman–Crippen MR) is 109 cm³/mol. The second kappa shape index (κ2) is 11.1. The van der Waals surface area contributed by atoms with E-state index in [-0.39, 0.29) is 24.9 Å². The van der Waals surface area contributed by atoms with Gasteiger partial charge in [0.2, 0.25) is 11.8 Å². The number of hydrogen-bond donors (Lipinski definition) is 2. The Morgan fingerprint density at radius 1 is 1.00 bits per heavy atom. The summed E-state index contributed by atoms with van der Waals surface area (Å²) in [6.45, 7) is 3.11. The van der Waals surface area contributed by atoms with Gasteiger partial charge < -0.3 is 20.1 Å². The fourth-order valence-electron chi connectivity index (χ4n) is 2.48. The van der Waals surface area contributed by atoms with E-state index >= 15 is 0 Å². The standard InChI is InChI=1S/C21H27N3O4/c1-16-8-10-17(11-9-16)28-19-7-5-4-6-18(19)23-21(26)15-24(2)14-20(25)22-12-13-27-3/h4-11H,12-15H2,1-3H3,(H,22,25)(H,23,26). The van der Waals surface area contributed by atoms with Crippen LogP contribution in [0, 0.1) is 6.92 Å². The highest BCUT2D eigenvalue weighted by Crippen LogP contribution is 2.29. The molecule has 0 saturated carbocycles. The van der Waals surface area contributed by atoms with Gasteiger partial charge in [0.05, 0.1) is 25.4 Å². The smallest absolute Gasteiger partial charge is 0.238 e. The van der Waals surface area contributed by atoms with Gasteiger partial charge in [0.25, 0.3) is 0 Å². The van der Waals surface area contributed by atoms with E-state index in [0.717, 1.165) is 5.56 Å². The fraction of sp³-hybridized carbons (Fsp3) is 0.333. The van der Waals surface area contributed by atoms with Crippen LogP contribution in [0.15, 0.2) is 48.5 Å². The molecule has 7 heteroatoms. The van der Waals surface area contributed by atoms with E-state index in [1.165, 1.54) is 0 Å². The van der Waals surface area contributed by atoms with Gasteiger partial charge in [-0.05, 0) is 38.2 Å². The highest BCUT2D eigenvalue weighted by atomic mass is 16.5. The van der Waals surface area contributed by atoms with Crippen LogP contribution < -0.4 is 15.4 Å². The van der Waals surface area contributed by atoms with Crippen molar-refractivity contribution in [1.29, 1.82) is 0 Å². The maximum Gasteiger partial charge on any atom is 0.238 e. The maximum atomic E-state index is 12.4. The summed E-state index contributed by atoms with van der Waals surface area (Å²) in [6.07, 6.45) is 0. The number of rotatable bonds is 10. The quantitative estimate of drug-likeness (QED) is 0.614. The molecule has 2 amide bonds. The third-order valence-electron chi connectivity index (χ3n) is 3.87. The lowest BCUT2D eigenvalue weighted by Crippen LogP contribution is -2.39. The molecule has 0 saturated heterocycles. The SMILES string of the molecule is COCCNC(=O)CN(C)CC(=O)Nc1ccccc1Oc1ccc(C)cc1. The van der Waals surface area contributed by atoms with Crippen LogP contribution in [0.4, 0.5) is 5.69 Å². The van der Waals surface area contributed by atoms with Crippen molar-refractivity contribution < 1.29 is 19.1 Å². The molecule has 0 heterocycles. The lowest BCUT2D eigenvalue weighted by molar-refractivity contribution is -0.123. The molecule has 0 aliphatic carbocycles. The highest BCUT2D eigenvalue weighted by Gasteiger charge is 2.13. The van der Waals surface area contributed by atoms with Crippen LogP contribution in [-0.2, 0) is 14.3 Å². The van der Waals surface area contributed by atoms with Crippen molar-refractivity contribution in [3.8, 4) is 11.5 Å². The van der Waals surface area contributed by atoms with Crippen LogP contribution in [0.5, 0.6) is 11.5 Å². The zero-order chi connectivity index (χ0) is 20.4. The molecular formula is C21H27N3O4. The van der Waals surface area contributed by atoms with E-state index in [2.05, 4.69) is 10.6 Å². The number of hydrogen-bond acceptors (Lipinski definition) is 5. The minimum absolute atomic E-state index is 0.0799. The molecule has 0 spiro atoms. The summed E-state index contributed by atoms with van der Waals surface area (Å²) in [4.78, 5) is 25.8. The molecule has 0 atom stereocenters. The van der Waals surface area contributed by atoms with Gasteiger partial charge in [0.1, 0.15) is 5.75 Å². The molecule has 0 radical (unpaired) electrons. The lowest BCUT2D eigenvalue weighted by Gasteiger charge is -2.17. The Labute approximate surface area is 165 Å². The first-order valence-electron chi connectivity index (χ1n) is 9.05. The Bertz CT molecular complexity index is 777. The summed E-state index contributed by atoms with van der Waals surface area (Å²) in [5.41, 5.74) is 1.72. The molecular weight excluding hydrogens is 358 g/mol. The molecule has 150 valence electrons. The number of likely N-dealkylation sites (N-methyl/N-ethyl adjacent to an activating group) is 1. The average molecular weight is 385 g/mol. The minimum Gasteiger partial charge on any atom is -0.455 e. The average Bonchev–Trinajstić information content (AvgIpc) is 2.65. The topological polar surface area (TPSA) is 79.9 Å². The van der Waals surface area contributed by atoms with Crippen LogP contribution in [0.1, 0.15) is 5.56 Å². The number of ether oxygens (including phenoxy) is 2. The van der Waals surface area contributed by atoms with Crippen LogP contribution in [0.25, 0.3) is 0 Å². The second-order valence-electron chi connectivity index (χ2n) is 6.47. The van der Waals surface area contributed by atoms with Crippen molar-refractivity contribution in [1.82, 2.24) is 10.2 Å². The Hall–Kier alpha value is -2.90. The maximum absolute atomic E-state index is 12.4. The second-order valence-corrected chi connectivity index (χ2v) is 6.47. The number of carbonyl (C=O) groups is 2. The number of nitrogens with one attached hydrogen (secondary N) is 2. The van der Waals surface area contributed by atoms with Crippen molar-refractivity contribution in [2.24, 2.45) is 0 Å². The molecule has 0 fully saturated rings. The summed E-state index contributed by atoms with van der Waals surface area (Å²) in [5.74, 6) is 0.861. The fourth-order valence-corrected chi connectivity index (χ4v) is 2.48. The number of methoxy groups -OCH3 is 1.